The van der Waals surface area contributed by atoms with Crippen molar-refractivity contribution < 1.29 is 14.7 Å². The highest BCUT2D eigenvalue weighted by Gasteiger charge is 2.27. The normalized spacial score (nSPS) is 15.1. The third-order valence-corrected chi connectivity index (χ3v) is 7.27. The topological polar surface area (TPSA) is 80.2 Å². The first kappa shape index (κ1) is 27.3. The van der Waals surface area contributed by atoms with E-state index in [9.17, 15) is 14.7 Å². The number of pyridine rings is 1. The Kier molecular flexibility index (Phi) is 9.10. The molecule has 0 unspecified atom stereocenters. The number of nitrogens with zero attached hydrogens (tertiary/aromatic N) is 5. The van der Waals surface area contributed by atoms with Crippen molar-refractivity contribution in [3.63, 3.8) is 0 Å². The molecule has 0 spiro atoms. The van der Waals surface area contributed by atoms with Gasteiger partial charge in [-0.25, -0.2) is 4.79 Å². The zero-order valence-electron chi connectivity index (χ0n) is 22.5. The lowest BCUT2D eigenvalue weighted by atomic mass is 9.94. The third-order valence-electron chi connectivity index (χ3n) is 7.27. The lowest BCUT2D eigenvalue weighted by Gasteiger charge is -2.40. The number of anilines is 1. The van der Waals surface area contributed by atoms with Crippen LogP contribution in [0.5, 0.6) is 0 Å². The summed E-state index contributed by atoms with van der Waals surface area (Å²) in [6, 6.07) is 21.6. The summed E-state index contributed by atoms with van der Waals surface area (Å²) in [6.45, 7) is 9.66. The van der Waals surface area contributed by atoms with Crippen molar-refractivity contribution in [2.45, 2.75) is 26.4 Å². The molecule has 38 heavy (non-hydrogen) atoms. The number of carboxylic acid groups (broad SMARTS) is 1. The van der Waals surface area contributed by atoms with Crippen LogP contribution < -0.4 is 4.90 Å². The highest BCUT2D eigenvalue weighted by molar-refractivity contribution is 5.94. The molecule has 1 aliphatic heterocycles. The van der Waals surface area contributed by atoms with Gasteiger partial charge in [-0.3, -0.25) is 24.5 Å². The minimum absolute atomic E-state index is 0.0336. The zero-order chi connectivity index (χ0) is 27.1. The van der Waals surface area contributed by atoms with E-state index in [2.05, 4.69) is 26.9 Å². The van der Waals surface area contributed by atoms with Crippen molar-refractivity contribution >= 4 is 17.7 Å². The molecule has 4 rings (SSSR count). The van der Waals surface area contributed by atoms with E-state index in [0.717, 1.165) is 49.5 Å². The summed E-state index contributed by atoms with van der Waals surface area (Å²) in [7, 11) is 1.56. The van der Waals surface area contributed by atoms with Crippen molar-refractivity contribution in [3.8, 4) is 0 Å². The molecule has 0 bridgehead atoms. The molecular weight excluding hydrogens is 478 g/mol. The number of rotatable bonds is 9. The largest absolute Gasteiger partial charge is 0.465 e. The molecule has 1 aliphatic rings. The van der Waals surface area contributed by atoms with Gasteiger partial charge in [-0.05, 0) is 61.4 Å². The first-order valence-electron chi connectivity index (χ1n) is 13.2. The van der Waals surface area contributed by atoms with Crippen LogP contribution in [0, 0.1) is 0 Å². The number of benzene rings is 2. The number of hydrogen-bond acceptors (Lipinski definition) is 5. The Morgan fingerprint density at radius 1 is 0.921 bits per heavy atom. The second-order valence-electron chi connectivity index (χ2n) is 9.57. The maximum absolute atomic E-state index is 12.9. The van der Waals surface area contributed by atoms with E-state index in [-0.39, 0.29) is 11.9 Å². The summed E-state index contributed by atoms with van der Waals surface area (Å²) >= 11 is 0. The molecule has 0 saturated carbocycles. The molecule has 8 nitrogen and oxygen atoms in total. The summed E-state index contributed by atoms with van der Waals surface area (Å²) in [5, 5.41) is 9.52. The Morgan fingerprint density at radius 3 is 2.24 bits per heavy atom. The predicted octanol–water partition coefficient (Wildman–Crippen LogP) is 4.59. The van der Waals surface area contributed by atoms with Gasteiger partial charge in [0.25, 0.3) is 5.91 Å². The molecule has 1 atom stereocenters. The molecule has 1 N–H and O–H groups in total. The number of hydrogen-bond donors (Lipinski definition) is 1. The Hall–Kier alpha value is -3.75. The van der Waals surface area contributed by atoms with Gasteiger partial charge in [0, 0.05) is 70.3 Å². The van der Waals surface area contributed by atoms with Gasteiger partial charge < -0.3 is 10.0 Å². The molecular formula is C30H37N5O3. The second-order valence-corrected chi connectivity index (χ2v) is 9.57. The second kappa shape index (κ2) is 12.7. The van der Waals surface area contributed by atoms with Gasteiger partial charge in [0.2, 0.25) is 0 Å². The first-order chi connectivity index (χ1) is 18.4. The minimum Gasteiger partial charge on any atom is -0.465 e. The molecule has 200 valence electrons. The van der Waals surface area contributed by atoms with Crippen LogP contribution in [-0.4, -0.2) is 83.1 Å². The van der Waals surface area contributed by atoms with Gasteiger partial charge >= 0.3 is 6.09 Å². The smallest absolute Gasteiger partial charge is 0.411 e. The molecule has 1 aromatic heterocycles. The van der Waals surface area contributed by atoms with Gasteiger partial charge in [-0.1, -0.05) is 30.3 Å². The highest BCUT2D eigenvalue weighted by atomic mass is 16.4. The van der Waals surface area contributed by atoms with Crippen LogP contribution >= 0.6 is 0 Å². The van der Waals surface area contributed by atoms with Crippen molar-refractivity contribution in [2.24, 2.45) is 0 Å². The van der Waals surface area contributed by atoms with Gasteiger partial charge in [0.1, 0.15) is 0 Å². The lowest BCUT2D eigenvalue weighted by molar-refractivity contribution is 0.0772. The van der Waals surface area contributed by atoms with Crippen LogP contribution in [0.1, 0.15) is 47.1 Å². The Balaban J connectivity index is 1.60. The van der Waals surface area contributed by atoms with E-state index in [0.29, 0.717) is 24.3 Å². The van der Waals surface area contributed by atoms with Crippen molar-refractivity contribution in [1.82, 2.24) is 19.7 Å². The number of piperazine rings is 1. The average molecular weight is 516 g/mol. The summed E-state index contributed by atoms with van der Waals surface area (Å²) in [5.41, 5.74) is 4.47. The Morgan fingerprint density at radius 2 is 1.63 bits per heavy atom. The zero-order valence-corrected chi connectivity index (χ0v) is 22.5. The molecule has 1 fully saturated rings. The van der Waals surface area contributed by atoms with Crippen LogP contribution in [0.4, 0.5) is 10.5 Å². The van der Waals surface area contributed by atoms with Crippen LogP contribution in [0.15, 0.2) is 72.9 Å². The third kappa shape index (κ3) is 6.38. The Labute approximate surface area is 225 Å². The molecule has 2 heterocycles. The van der Waals surface area contributed by atoms with E-state index in [4.69, 9.17) is 0 Å². The first-order valence-corrected chi connectivity index (χ1v) is 13.2. The maximum atomic E-state index is 12.9. The predicted molar refractivity (Wildman–Crippen MR) is 149 cm³/mol. The van der Waals surface area contributed by atoms with Gasteiger partial charge in [0.05, 0.1) is 11.7 Å². The molecule has 0 radical (unpaired) electrons. The van der Waals surface area contributed by atoms with E-state index < -0.39 is 6.09 Å². The molecule has 8 heteroatoms. The number of aromatic nitrogens is 1. The van der Waals surface area contributed by atoms with Crippen LogP contribution in [0.3, 0.4) is 0 Å². The van der Waals surface area contributed by atoms with E-state index >= 15 is 0 Å². The number of carbonyl (C=O) groups excluding carboxylic acids is 1. The maximum Gasteiger partial charge on any atom is 0.411 e. The molecule has 2 amide bonds. The monoisotopic (exact) mass is 515 g/mol. The van der Waals surface area contributed by atoms with Crippen LogP contribution in [-0.2, 0) is 6.54 Å². The average Bonchev–Trinajstić information content (AvgIpc) is 2.95. The molecule has 2 aromatic carbocycles. The fourth-order valence-electron chi connectivity index (χ4n) is 5.03. The van der Waals surface area contributed by atoms with Crippen LogP contribution in [0.25, 0.3) is 0 Å². The molecule has 1 saturated heterocycles. The fourth-order valence-corrected chi connectivity index (χ4v) is 5.03. The van der Waals surface area contributed by atoms with Crippen molar-refractivity contribution in [1.29, 1.82) is 0 Å². The van der Waals surface area contributed by atoms with Gasteiger partial charge in [-0.15, -0.1) is 0 Å². The standard InChI is InChI=1S/C30H37N5O3/c1-4-34(5-2)29(36)24-14-12-23(13-15-24)28(25-9-8-11-27(21-25)32(3)30(37)38)35-19-17-33(18-20-35)22-26-10-6-7-16-31-26/h6-16,21,28H,4-5,17-20,22H2,1-3H3,(H,37,38)/t28-/m1/s1. The van der Waals surface area contributed by atoms with Crippen molar-refractivity contribution in [2.75, 3.05) is 51.2 Å². The summed E-state index contributed by atoms with van der Waals surface area (Å²) < 4.78 is 0. The van der Waals surface area contributed by atoms with Gasteiger partial charge in [0.15, 0.2) is 0 Å². The number of carbonyl (C=O) groups is 2. The minimum atomic E-state index is -0.999. The van der Waals surface area contributed by atoms with Gasteiger partial charge in [-0.2, -0.15) is 0 Å². The summed E-state index contributed by atoms with van der Waals surface area (Å²) in [5.74, 6) is 0.0336. The highest BCUT2D eigenvalue weighted by Crippen LogP contribution is 2.32. The Bertz CT molecular complexity index is 1210. The summed E-state index contributed by atoms with van der Waals surface area (Å²) in [4.78, 5) is 36.9. The fraction of sp³-hybridized carbons (Fsp3) is 0.367. The number of amides is 2. The van der Waals surface area contributed by atoms with Crippen molar-refractivity contribution in [3.05, 3.63) is 95.3 Å². The van der Waals surface area contributed by atoms with Crippen LogP contribution in [0.2, 0.25) is 0 Å². The van der Waals surface area contributed by atoms with E-state index in [1.807, 2.05) is 79.5 Å². The summed E-state index contributed by atoms with van der Waals surface area (Å²) in [6.07, 6.45) is 0.832. The molecule has 0 aliphatic carbocycles. The van der Waals surface area contributed by atoms with E-state index in [1.54, 1.807) is 7.05 Å². The van der Waals surface area contributed by atoms with E-state index in [1.165, 1.54) is 4.90 Å². The SMILES string of the molecule is CCN(CC)C(=O)c1ccc([C@H](c2cccc(N(C)C(=O)O)c2)N2CCN(Cc3ccccn3)CC2)cc1. The lowest BCUT2D eigenvalue weighted by Crippen LogP contribution is -2.47. The molecule has 3 aromatic rings. The quantitative estimate of drug-likeness (QED) is 0.449.